The van der Waals surface area contributed by atoms with Crippen LogP contribution in [0.5, 0.6) is 0 Å². The van der Waals surface area contributed by atoms with Crippen LogP contribution >= 0.6 is 15.9 Å². The van der Waals surface area contributed by atoms with Crippen molar-refractivity contribution < 1.29 is 9.18 Å². The Morgan fingerprint density at radius 3 is 2.48 bits per heavy atom. The number of fused-ring (bicyclic) bond motifs is 1. The van der Waals surface area contributed by atoms with Gasteiger partial charge in [-0.25, -0.2) is 13.8 Å². The van der Waals surface area contributed by atoms with Gasteiger partial charge in [-0.2, -0.15) is 0 Å². The number of aryl methyl sites for hydroxylation is 2. The standard InChI is InChI=1S/C22H18BrFN4O3/c1-13-10-18-20(26(13)2)21(30)28(17-8-6-15(24)7-9-17)22(31)27(18)12-19(29)25-16-5-3-4-14(23)11-16/h3-11H,12H2,1-2H3,(H,25,29). The normalized spacial score (nSPS) is 11.1. The van der Waals surface area contributed by atoms with Gasteiger partial charge in [-0.1, -0.05) is 22.0 Å². The molecule has 0 radical (unpaired) electrons. The van der Waals surface area contributed by atoms with Crippen molar-refractivity contribution in [1.82, 2.24) is 13.7 Å². The van der Waals surface area contributed by atoms with E-state index < -0.39 is 23.0 Å². The Bertz CT molecular complexity index is 1430. The number of nitrogens with one attached hydrogen (secondary N) is 1. The molecule has 0 atom stereocenters. The van der Waals surface area contributed by atoms with Gasteiger partial charge in [0.25, 0.3) is 5.56 Å². The number of benzene rings is 2. The predicted octanol–water partition coefficient (Wildman–Crippen LogP) is 3.34. The molecule has 0 aliphatic carbocycles. The number of carbonyl (C=O) groups excluding carboxylic acids is 1. The minimum Gasteiger partial charge on any atom is -0.342 e. The fourth-order valence-corrected chi connectivity index (χ4v) is 3.87. The number of rotatable bonds is 4. The molecular weight excluding hydrogens is 467 g/mol. The molecule has 7 nitrogen and oxygen atoms in total. The lowest BCUT2D eigenvalue weighted by Gasteiger charge is -2.13. The summed E-state index contributed by atoms with van der Waals surface area (Å²) in [4.78, 5) is 39.2. The number of aromatic nitrogens is 3. The maximum atomic E-state index is 13.4. The van der Waals surface area contributed by atoms with Crippen molar-refractivity contribution in [3.63, 3.8) is 0 Å². The van der Waals surface area contributed by atoms with Crippen molar-refractivity contribution in [1.29, 1.82) is 0 Å². The van der Waals surface area contributed by atoms with E-state index in [0.29, 0.717) is 11.2 Å². The molecule has 4 rings (SSSR count). The Hall–Kier alpha value is -3.46. The molecule has 0 saturated carbocycles. The van der Waals surface area contributed by atoms with E-state index in [4.69, 9.17) is 0 Å². The second-order valence-electron chi connectivity index (χ2n) is 7.12. The highest BCUT2D eigenvalue weighted by molar-refractivity contribution is 9.10. The molecule has 0 aliphatic rings. The van der Waals surface area contributed by atoms with Crippen molar-refractivity contribution in [2.45, 2.75) is 13.5 Å². The molecule has 0 bridgehead atoms. The quantitative estimate of drug-likeness (QED) is 0.482. The van der Waals surface area contributed by atoms with Crippen LogP contribution in [0.25, 0.3) is 16.7 Å². The molecule has 0 unspecified atom stereocenters. The van der Waals surface area contributed by atoms with Gasteiger partial charge in [-0.3, -0.25) is 14.2 Å². The van der Waals surface area contributed by atoms with Gasteiger partial charge >= 0.3 is 5.69 Å². The van der Waals surface area contributed by atoms with Crippen molar-refractivity contribution in [2.24, 2.45) is 7.05 Å². The fourth-order valence-electron chi connectivity index (χ4n) is 3.47. The summed E-state index contributed by atoms with van der Waals surface area (Å²) in [6, 6.07) is 13.8. The first-order chi connectivity index (χ1) is 14.8. The Morgan fingerprint density at radius 2 is 1.81 bits per heavy atom. The predicted molar refractivity (Wildman–Crippen MR) is 120 cm³/mol. The summed E-state index contributed by atoms with van der Waals surface area (Å²) in [5, 5.41) is 2.75. The zero-order chi connectivity index (χ0) is 22.3. The Morgan fingerprint density at radius 1 is 1.10 bits per heavy atom. The molecule has 0 spiro atoms. The highest BCUT2D eigenvalue weighted by atomic mass is 79.9. The molecule has 2 heterocycles. The van der Waals surface area contributed by atoms with Crippen LogP contribution in [-0.4, -0.2) is 19.6 Å². The molecule has 9 heteroatoms. The first-order valence-electron chi connectivity index (χ1n) is 9.39. The average molecular weight is 485 g/mol. The molecule has 31 heavy (non-hydrogen) atoms. The van der Waals surface area contributed by atoms with E-state index >= 15 is 0 Å². The minimum atomic E-state index is -0.681. The molecule has 0 aliphatic heterocycles. The minimum absolute atomic E-state index is 0.221. The second-order valence-corrected chi connectivity index (χ2v) is 8.04. The van der Waals surface area contributed by atoms with Gasteiger partial charge in [0.05, 0.1) is 11.2 Å². The number of anilines is 1. The molecule has 2 aromatic carbocycles. The summed E-state index contributed by atoms with van der Waals surface area (Å²) in [6.45, 7) is 1.50. The third kappa shape index (κ3) is 3.84. The van der Waals surface area contributed by atoms with Crippen LogP contribution in [0.2, 0.25) is 0 Å². The number of nitrogens with zero attached hydrogens (tertiary/aromatic N) is 3. The van der Waals surface area contributed by atoms with E-state index in [0.717, 1.165) is 14.7 Å². The fraction of sp³-hybridized carbons (Fsp3) is 0.136. The monoisotopic (exact) mass is 484 g/mol. The number of hydrogen-bond donors (Lipinski definition) is 1. The lowest BCUT2D eigenvalue weighted by molar-refractivity contribution is -0.116. The summed E-state index contributed by atoms with van der Waals surface area (Å²) in [5.74, 6) is -0.909. The first kappa shape index (κ1) is 20.8. The van der Waals surface area contributed by atoms with Gasteiger partial charge in [0.15, 0.2) is 0 Å². The summed E-state index contributed by atoms with van der Waals surface area (Å²) < 4.78 is 18.0. The third-order valence-electron chi connectivity index (χ3n) is 5.07. The maximum absolute atomic E-state index is 13.4. The van der Waals surface area contributed by atoms with Crippen LogP contribution in [0.3, 0.4) is 0 Å². The summed E-state index contributed by atoms with van der Waals surface area (Å²) in [5.41, 5.74) is 0.960. The van der Waals surface area contributed by atoms with Crippen molar-refractivity contribution in [2.75, 3.05) is 5.32 Å². The molecule has 4 aromatic rings. The van der Waals surface area contributed by atoms with Crippen molar-refractivity contribution >= 4 is 38.6 Å². The largest absolute Gasteiger partial charge is 0.342 e. The van der Waals surface area contributed by atoms with Gasteiger partial charge < -0.3 is 9.88 Å². The highest BCUT2D eigenvalue weighted by Crippen LogP contribution is 2.17. The van der Waals surface area contributed by atoms with Gasteiger partial charge in [-0.15, -0.1) is 0 Å². The van der Waals surface area contributed by atoms with E-state index in [2.05, 4.69) is 21.2 Å². The number of hydrogen-bond acceptors (Lipinski definition) is 3. The maximum Gasteiger partial charge on any atom is 0.336 e. The lowest BCUT2D eigenvalue weighted by Crippen LogP contribution is -2.41. The summed E-state index contributed by atoms with van der Waals surface area (Å²) in [7, 11) is 1.71. The zero-order valence-electron chi connectivity index (χ0n) is 16.7. The first-order valence-corrected chi connectivity index (χ1v) is 10.2. The molecular formula is C22H18BrFN4O3. The Kier molecular flexibility index (Phi) is 5.36. The SMILES string of the molecule is Cc1cc2c(c(=O)n(-c3ccc(F)cc3)c(=O)n2CC(=O)Nc2cccc(Br)c2)n1C. The van der Waals surface area contributed by atoms with Crippen LogP contribution < -0.4 is 16.6 Å². The van der Waals surface area contributed by atoms with E-state index in [1.165, 1.54) is 28.8 Å². The Labute approximate surface area is 184 Å². The number of amides is 1. The van der Waals surface area contributed by atoms with E-state index in [9.17, 15) is 18.8 Å². The van der Waals surface area contributed by atoms with Crippen LogP contribution in [0.15, 0.2) is 68.7 Å². The molecule has 0 fully saturated rings. The summed E-state index contributed by atoms with van der Waals surface area (Å²) in [6.07, 6.45) is 0. The van der Waals surface area contributed by atoms with Gasteiger partial charge in [0, 0.05) is 22.9 Å². The third-order valence-corrected chi connectivity index (χ3v) is 5.56. The molecule has 0 saturated heterocycles. The van der Waals surface area contributed by atoms with Gasteiger partial charge in [0.2, 0.25) is 5.91 Å². The van der Waals surface area contributed by atoms with Gasteiger partial charge in [-0.05, 0) is 55.5 Å². The highest BCUT2D eigenvalue weighted by Gasteiger charge is 2.20. The molecule has 1 amide bonds. The topological polar surface area (TPSA) is 78.0 Å². The Balaban J connectivity index is 1.87. The number of carbonyl (C=O) groups is 1. The average Bonchev–Trinajstić information content (AvgIpc) is 3.01. The lowest BCUT2D eigenvalue weighted by atomic mass is 10.3. The molecule has 2 aromatic heterocycles. The smallest absolute Gasteiger partial charge is 0.336 e. The van der Waals surface area contributed by atoms with Crippen molar-refractivity contribution in [3.05, 3.63) is 91.4 Å². The van der Waals surface area contributed by atoms with Crippen LogP contribution in [0, 0.1) is 12.7 Å². The zero-order valence-corrected chi connectivity index (χ0v) is 18.3. The molecule has 1 N–H and O–H groups in total. The van der Waals surface area contributed by atoms with Gasteiger partial charge in [0.1, 0.15) is 17.9 Å². The van der Waals surface area contributed by atoms with E-state index in [1.807, 2.05) is 6.07 Å². The number of halogens is 2. The van der Waals surface area contributed by atoms with Crippen molar-refractivity contribution in [3.8, 4) is 5.69 Å². The van der Waals surface area contributed by atoms with E-state index in [-0.39, 0.29) is 17.7 Å². The molecule has 158 valence electrons. The van der Waals surface area contributed by atoms with Crippen LogP contribution in [0.1, 0.15) is 5.69 Å². The van der Waals surface area contributed by atoms with Crippen LogP contribution in [-0.2, 0) is 18.4 Å². The van der Waals surface area contributed by atoms with Crippen LogP contribution in [0.4, 0.5) is 10.1 Å². The second kappa shape index (κ2) is 7.99. The van der Waals surface area contributed by atoms with E-state index in [1.54, 1.807) is 42.8 Å². The summed E-state index contributed by atoms with van der Waals surface area (Å²) >= 11 is 3.35.